The van der Waals surface area contributed by atoms with Crippen molar-refractivity contribution in [1.29, 1.82) is 0 Å². The highest BCUT2D eigenvalue weighted by atomic mass is 33.1. The van der Waals surface area contributed by atoms with Gasteiger partial charge < -0.3 is 14.4 Å². The molecule has 0 aliphatic rings. The van der Waals surface area contributed by atoms with Crippen LogP contribution in [0.5, 0.6) is 0 Å². The highest BCUT2D eigenvalue weighted by Gasteiger charge is 2.21. The molecule has 3 rings (SSSR count). The van der Waals surface area contributed by atoms with Crippen LogP contribution in [0.25, 0.3) is 22.4 Å². The smallest absolute Gasteiger partial charge is 0.526 e. The summed E-state index contributed by atoms with van der Waals surface area (Å²) in [6.07, 6.45) is -1.10. The molecule has 9 nitrogen and oxygen atoms in total. The van der Waals surface area contributed by atoms with E-state index < -0.39 is 22.1 Å². The molecule has 0 aliphatic carbocycles. The van der Waals surface area contributed by atoms with E-state index in [-0.39, 0.29) is 17.3 Å². The number of benzene rings is 2. The largest absolute Gasteiger partial charge is 0.564 e. The Bertz CT molecular complexity index is 1210. The molecule has 1 amide bonds. The Morgan fingerprint density at radius 1 is 1.06 bits per heavy atom. The molecule has 1 heterocycles. The average molecular weight is 510 g/mol. The van der Waals surface area contributed by atoms with E-state index in [1.807, 2.05) is 35.1 Å². The number of carbonyl (C=O) groups excluding carboxylic acids is 2. The first-order chi connectivity index (χ1) is 15.8. The number of sulfonamides is 1. The Morgan fingerprint density at radius 3 is 2.42 bits per heavy atom. The number of carbonyl (C=O) groups is 2. The van der Waals surface area contributed by atoms with Gasteiger partial charge in [-0.3, -0.25) is 0 Å². The number of hydrogen-bond donors (Lipinski definition) is 1. The van der Waals surface area contributed by atoms with Crippen molar-refractivity contribution in [3.05, 3.63) is 60.4 Å². The molecule has 0 unspecified atom stereocenters. The Morgan fingerprint density at radius 2 is 1.76 bits per heavy atom. The van der Waals surface area contributed by atoms with Gasteiger partial charge in [-0.15, -0.1) is 0 Å². The summed E-state index contributed by atoms with van der Waals surface area (Å²) >= 11 is 0. The maximum absolute atomic E-state index is 12.5. The van der Waals surface area contributed by atoms with Gasteiger partial charge in [-0.05, 0) is 24.6 Å². The monoisotopic (exact) mass is 509 g/mol. The molecule has 1 aromatic heterocycles. The van der Waals surface area contributed by atoms with Gasteiger partial charge in [-0.2, -0.15) is 0 Å². The maximum Gasteiger partial charge on any atom is 0.526 e. The van der Waals surface area contributed by atoms with Crippen molar-refractivity contribution in [3.8, 4) is 22.4 Å². The van der Waals surface area contributed by atoms with Crippen LogP contribution in [0.3, 0.4) is 0 Å². The number of aromatic nitrogens is 1. The summed E-state index contributed by atoms with van der Waals surface area (Å²) in [6.45, 7) is 1.76. The Kier molecular flexibility index (Phi) is 8.42. The predicted molar refractivity (Wildman–Crippen MR) is 127 cm³/mol. The van der Waals surface area contributed by atoms with E-state index in [0.717, 1.165) is 21.9 Å². The molecule has 0 saturated carbocycles. The van der Waals surface area contributed by atoms with Crippen LogP contribution >= 0.6 is 21.6 Å². The lowest BCUT2D eigenvalue weighted by Gasteiger charge is -2.08. The van der Waals surface area contributed by atoms with Crippen LogP contribution in [0.15, 0.2) is 64.0 Å². The molecule has 3 N–H and O–H groups in total. The van der Waals surface area contributed by atoms with Gasteiger partial charge in [0, 0.05) is 16.1 Å². The fourth-order valence-corrected chi connectivity index (χ4v) is 5.31. The van der Waals surface area contributed by atoms with Gasteiger partial charge in [0.05, 0.1) is 10.5 Å². The van der Waals surface area contributed by atoms with Crippen molar-refractivity contribution in [2.75, 3.05) is 18.1 Å². The molecule has 0 aliphatic heterocycles. The van der Waals surface area contributed by atoms with Gasteiger partial charge in [0.2, 0.25) is 0 Å². The van der Waals surface area contributed by atoms with E-state index in [0.29, 0.717) is 22.8 Å². The molecule has 12 heteroatoms. The third-order valence-corrected chi connectivity index (χ3v) is 7.82. The molecule has 174 valence electrons. The fraction of sp³-hybridized carbons (Fsp3) is 0.190. The van der Waals surface area contributed by atoms with Crippen molar-refractivity contribution < 1.29 is 32.4 Å². The summed E-state index contributed by atoms with van der Waals surface area (Å²) < 4.78 is 37.0. The third kappa shape index (κ3) is 6.76. The van der Waals surface area contributed by atoms with Crippen LogP contribution in [0.4, 0.5) is 4.79 Å². The van der Waals surface area contributed by atoms with Crippen molar-refractivity contribution in [1.82, 2.24) is 9.88 Å². The first-order valence-corrected chi connectivity index (χ1v) is 13.6. The molecule has 33 heavy (non-hydrogen) atoms. The van der Waals surface area contributed by atoms with Gasteiger partial charge in [0.25, 0.3) is 10.0 Å². The molecule has 0 atom stereocenters. The summed E-state index contributed by atoms with van der Waals surface area (Å²) in [5.41, 5.74) is 2.98. The summed E-state index contributed by atoms with van der Waals surface area (Å²) in [4.78, 5) is 22.2. The lowest BCUT2D eigenvalue weighted by atomic mass is 10.00. The summed E-state index contributed by atoms with van der Waals surface area (Å²) in [5.74, 6) is 0.321. The second-order valence-corrected chi connectivity index (χ2v) is 10.9. The normalized spacial score (nSPS) is 11.2. The van der Waals surface area contributed by atoms with Gasteiger partial charge >= 0.3 is 12.1 Å². The molecular formula is C21H21N2O7S3+. The molecule has 0 spiro atoms. The zero-order valence-corrected chi connectivity index (χ0v) is 19.9. The van der Waals surface area contributed by atoms with Gasteiger partial charge in [-0.25, -0.2) is 17.9 Å². The minimum absolute atomic E-state index is 0.0297. The van der Waals surface area contributed by atoms with Crippen LogP contribution < -0.4 is 4.72 Å². The average Bonchev–Trinajstić information content (AvgIpc) is 3.17. The number of hydrogen-bond acceptors (Lipinski definition) is 9. The number of aryl methyl sites for hydroxylation is 1. The number of ether oxygens (including phenoxy) is 1. The minimum Gasteiger partial charge on any atom is -0.564 e. The standard InChI is InChI=1S/C21H20N2O7S3/c1-14-19(15-5-3-2-4-6-15)20(22-30-14)16-7-9-17(10-8-16)33(27,28)23-21(26)29-11-12-31-32-13-18(24)25/h2-10H,11-13H2,1H3,(H,23,26)(H,24,25)/p+1. The second-order valence-electron chi connectivity index (χ2n) is 6.60. The zero-order valence-electron chi connectivity index (χ0n) is 17.4. The van der Waals surface area contributed by atoms with Crippen LogP contribution in [0.2, 0.25) is 0 Å². The highest BCUT2D eigenvalue weighted by Crippen LogP contribution is 2.34. The summed E-state index contributed by atoms with van der Waals surface area (Å²) in [5, 5.41) is 10.9. The summed E-state index contributed by atoms with van der Waals surface area (Å²) in [6, 6.07) is 15.5. The predicted octanol–water partition coefficient (Wildman–Crippen LogP) is 3.36. The Balaban J connectivity index is 1.63. The van der Waals surface area contributed by atoms with Crippen LogP contribution in [0.1, 0.15) is 5.76 Å². The molecular weight excluding hydrogens is 488 g/mol. The number of nitrogens with one attached hydrogen (secondary N) is 1. The van der Waals surface area contributed by atoms with E-state index in [9.17, 15) is 18.0 Å². The van der Waals surface area contributed by atoms with E-state index in [4.69, 9.17) is 14.4 Å². The maximum atomic E-state index is 12.5. The van der Waals surface area contributed by atoms with Crippen LogP contribution in [-0.4, -0.2) is 48.9 Å². The van der Waals surface area contributed by atoms with Crippen molar-refractivity contribution >= 4 is 43.7 Å². The van der Waals surface area contributed by atoms with Crippen LogP contribution in [0, 0.1) is 6.92 Å². The lowest BCUT2D eigenvalue weighted by Crippen LogP contribution is -2.31. The summed E-state index contributed by atoms with van der Waals surface area (Å²) in [7, 11) is -1.72. The van der Waals surface area contributed by atoms with Gasteiger partial charge in [0.1, 0.15) is 18.1 Å². The molecule has 0 fully saturated rings. The van der Waals surface area contributed by atoms with Crippen LogP contribution in [-0.2, 0) is 19.6 Å². The topological polar surface area (TPSA) is 138 Å². The van der Waals surface area contributed by atoms with E-state index >= 15 is 0 Å². The van der Waals surface area contributed by atoms with E-state index in [1.165, 1.54) is 22.9 Å². The molecule has 3 aromatic rings. The SMILES string of the molecule is Cc1onc(-c2ccc(S(=O)(=O)NC(=O)OCCSSCC(=O)[OH2+])cc2)c1-c1ccccc1. The quantitative estimate of drug-likeness (QED) is 0.247. The number of rotatable bonds is 10. The molecule has 0 saturated heterocycles. The number of nitrogens with zero attached hydrogens (tertiary/aromatic N) is 1. The molecule has 0 radical (unpaired) electrons. The van der Waals surface area contributed by atoms with E-state index in [2.05, 4.69) is 5.16 Å². The van der Waals surface area contributed by atoms with Crippen molar-refractivity contribution in [2.45, 2.75) is 11.8 Å². The lowest BCUT2D eigenvalue weighted by molar-refractivity contribution is -0.133. The van der Waals surface area contributed by atoms with Gasteiger partial charge in [0.15, 0.2) is 5.75 Å². The molecule has 0 bridgehead atoms. The first-order valence-electron chi connectivity index (χ1n) is 9.58. The second kappa shape index (κ2) is 11.3. The Labute approximate surface area is 198 Å². The number of amides is 1. The van der Waals surface area contributed by atoms with E-state index in [1.54, 1.807) is 19.1 Å². The highest BCUT2D eigenvalue weighted by molar-refractivity contribution is 8.76. The van der Waals surface area contributed by atoms with Crippen molar-refractivity contribution in [2.24, 2.45) is 0 Å². The first kappa shape index (κ1) is 24.7. The van der Waals surface area contributed by atoms with Gasteiger partial charge in [-0.1, -0.05) is 69.2 Å². The molecule has 2 aromatic carbocycles. The fourth-order valence-electron chi connectivity index (χ4n) is 2.83. The third-order valence-electron chi connectivity index (χ3n) is 4.25. The van der Waals surface area contributed by atoms with Crippen molar-refractivity contribution in [3.63, 3.8) is 0 Å². The minimum atomic E-state index is -4.12. The Hall–Kier alpha value is -2.96. The zero-order chi connectivity index (χ0) is 23.8.